The molecule has 1 atom stereocenters. The van der Waals surface area contributed by atoms with E-state index in [0.29, 0.717) is 30.5 Å². The van der Waals surface area contributed by atoms with Gasteiger partial charge in [0.15, 0.2) is 0 Å². The van der Waals surface area contributed by atoms with E-state index >= 15 is 0 Å². The quantitative estimate of drug-likeness (QED) is 0.590. The highest BCUT2D eigenvalue weighted by Gasteiger charge is 2.27. The van der Waals surface area contributed by atoms with E-state index in [4.69, 9.17) is 9.47 Å². The largest absolute Gasteiger partial charge is 0.497 e. The number of methoxy groups -OCH3 is 2. The van der Waals surface area contributed by atoms with Gasteiger partial charge in [-0.3, -0.25) is 4.79 Å². The lowest BCUT2D eigenvalue weighted by Crippen LogP contribution is -2.43. The van der Waals surface area contributed by atoms with Crippen molar-refractivity contribution < 1.29 is 18.7 Å². The number of carbonyl (C=O) groups is 1. The smallest absolute Gasteiger partial charge is 0.225 e. The van der Waals surface area contributed by atoms with E-state index in [1.165, 1.54) is 12.1 Å². The minimum Gasteiger partial charge on any atom is -0.497 e. The average molecular weight is 451 g/mol. The second-order valence-corrected chi connectivity index (χ2v) is 7.96. The second kappa shape index (κ2) is 10.3. The summed E-state index contributed by atoms with van der Waals surface area (Å²) < 4.78 is 23.8. The Kier molecular flexibility index (Phi) is 7.02. The van der Waals surface area contributed by atoms with Crippen molar-refractivity contribution in [3.8, 4) is 22.6 Å². The van der Waals surface area contributed by atoms with Gasteiger partial charge >= 0.3 is 0 Å². The van der Waals surface area contributed by atoms with Crippen molar-refractivity contribution in [1.29, 1.82) is 0 Å². The zero-order valence-corrected chi connectivity index (χ0v) is 18.8. The molecule has 0 aliphatic carbocycles. The summed E-state index contributed by atoms with van der Waals surface area (Å²) in [5.74, 6) is 1.54. The molecule has 0 saturated carbocycles. The molecule has 1 unspecified atom stereocenters. The third-order valence-electron chi connectivity index (χ3n) is 5.84. The molecule has 0 bridgehead atoms. The summed E-state index contributed by atoms with van der Waals surface area (Å²) in [4.78, 5) is 23.9. The Labute approximate surface area is 192 Å². The fourth-order valence-electron chi connectivity index (χ4n) is 3.97. The maximum absolute atomic E-state index is 13.1. The topological polar surface area (TPSA) is 76.6 Å². The highest BCUT2D eigenvalue weighted by Crippen LogP contribution is 2.26. The Hall–Kier alpha value is -3.68. The molecule has 172 valence electrons. The van der Waals surface area contributed by atoms with Crippen LogP contribution in [0.1, 0.15) is 18.4 Å². The van der Waals surface area contributed by atoms with Crippen LogP contribution in [0.3, 0.4) is 0 Å². The number of halogens is 1. The van der Waals surface area contributed by atoms with Crippen LogP contribution in [0.25, 0.3) is 11.1 Å². The van der Waals surface area contributed by atoms with E-state index in [2.05, 4.69) is 15.3 Å². The summed E-state index contributed by atoms with van der Waals surface area (Å²) >= 11 is 0. The molecule has 1 saturated heterocycles. The molecule has 1 aromatic heterocycles. The number of carbonyl (C=O) groups excluding carboxylic acids is 1. The summed E-state index contributed by atoms with van der Waals surface area (Å²) in [6.07, 6.45) is 5.16. The van der Waals surface area contributed by atoms with Crippen LogP contribution in [0.2, 0.25) is 0 Å². The molecule has 1 aliphatic heterocycles. The van der Waals surface area contributed by atoms with Crippen molar-refractivity contribution >= 4 is 11.9 Å². The number of hydrogen-bond donors (Lipinski definition) is 1. The highest BCUT2D eigenvalue weighted by molar-refractivity contribution is 5.79. The average Bonchev–Trinajstić information content (AvgIpc) is 2.87. The van der Waals surface area contributed by atoms with E-state index in [1.807, 2.05) is 17.0 Å². The van der Waals surface area contributed by atoms with Gasteiger partial charge in [0.05, 0.1) is 20.1 Å². The summed E-state index contributed by atoms with van der Waals surface area (Å²) in [7, 11) is 3.20. The molecule has 0 spiro atoms. The van der Waals surface area contributed by atoms with E-state index in [-0.39, 0.29) is 17.6 Å². The van der Waals surface area contributed by atoms with Gasteiger partial charge in [-0.1, -0.05) is 12.1 Å². The fourth-order valence-corrected chi connectivity index (χ4v) is 3.97. The third-order valence-corrected chi connectivity index (χ3v) is 5.84. The van der Waals surface area contributed by atoms with E-state index in [1.54, 1.807) is 44.8 Å². The van der Waals surface area contributed by atoms with Crippen LogP contribution in [-0.2, 0) is 11.3 Å². The van der Waals surface area contributed by atoms with E-state index in [0.717, 1.165) is 36.1 Å². The van der Waals surface area contributed by atoms with E-state index < -0.39 is 0 Å². The summed E-state index contributed by atoms with van der Waals surface area (Å²) in [6.45, 7) is 1.73. The first-order valence-corrected chi connectivity index (χ1v) is 10.9. The zero-order chi connectivity index (χ0) is 23.2. The minimum atomic E-state index is -0.278. The first-order valence-electron chi connectivity index (χ1n) is 10.9. The van der Waals surface area contributed by atoms with Gasteiger partial charge in [0.2, 0.25) is 11.9 Å². The van der Waals surface area contributed by atoms with Gasteiger partial charge in [0, 0.05) is 49.2 Å². The van der Waals surface area contributed by atoms with Gasteiger partial charge in [-0.05, 0) is 42.7 Å². The number of nitrogens with zero attached hydrogens (tertiary/aromatic N) is 3. The number of amides is 1. The molecule has 2 heterocycles. The van der Waals surface area contributed by atoms with Crippen LogP contribution in [0, 0.1) is 11.7 Å². The van der Waals surface area contributed by atoms with Gasteiger partial charge in [-0.2, -0.15) is 0 Å². The van der Waals surface area contributed by atoms with Crippen molar-refractivity contribution in [3.63, 3.8) is 0 Å². The molecule has 1 N–H and O–H groups in total. The van der Waals surface area contributed by atoms with Crippen molar-refractivity contribution in [2.24, 2.45) is 5.92 Å². The predicted molar refractivity (Wildman–Crippen MR) is 124 cm³/mol. The van der Waals surface area contributed by atoms with E-state index in [9.17, 15) is 9.18 Å². The molecule has 7 nitrogen and oxygen atoms in total. The SMILES string of the molecule is COc1ccc(CNC(=O)C2CCCN(c3ncc(-c4ccc(F)cc4)cn3)C2)c(OC)c1. The minimum absolute atomic E-state index is 0.000466. The van der Waals surface area contributed by atoms with Crippen LogP contribution in [0.5, 0.6) is 11.5 Å². The number of benzene rings is 2. The van der Waals surface area contributed by atoms with Gasteiger partial charge < -0.3 is 19.7 Å². The number of ether oxygens (including phenoxy) is 2. The number of rotatable bonds is 7. The fraction of sp³-hybridized carbons (Fsp3) is 0.320. The highest BCUT2D eigenvalue weighted by atomic mass is 19.1. The standard InChI is InChI=1S/C25H27FN4O3/c1-32-22-10-7-18(23(12-22)33-2)13-27-24(31)19-4-3-11-30(16-19)25-28-14-20(15-29-25)17-5-8-21(26)9-6-17/h5-10,12,14-15,19H,3-4,11,13,16H2,1-2H3,(H,27,31). The number of piperidine rings is 1. The third kappa shape index (κ3) is 5.39. The molecule has 2 aromatic carbocycles. The molecule has 3 aromatic rings. The van der Waals surface area contributed by atoms with Crippen molar-refractivity contribution in [2.75, 3.05) is 32.2 Å². The normalized spacial score (nSPS) is 15.7. The molecular weight excluding hydrogens is 423 g/mol. The first-order chi connectivity index (χ1) is 16.1. The van der Waals surface area contributed by atoms with Crippen LogP contribution in [0.15, 0.2) is 54.9 Å². The second-order valence-electron chi connectivity index (χ2n) is 7.96. The lowest BCUT2D eigenvalue weighted by molar-refractivity contribution is -0.125. The number of anilines is 1. The molecule has 4 rings (SSSR count). The van der Waals surface area contributed by atoms with Crippen LogP contribution < -0.4 is 19.7 Å². The lowest BCUT2D eigenvalue weighted by Gasteiger charge is -2.32. The Morgan fingerprint density at radius 3 is 2.55 bits per heavy atom. The Bertz CT molecular complexity index is 1090. The van der Waals surface area contributed by atoms with Crippen LogP contribution in [0.4, 0.5) is 10.3 Å². The number of hydrogen-bond acceptors (Lipinski definition) is 6. The van der Waals surface area contributed by atoms with Gasteiger partial charge in [-0.25, -0.2) is 14.4 Å². The summed E-state index contributed by atoms with van der Waals surface area (Å²) in [5.41, 5.74) is 2.56. The molecule has 1 aliphatic rings. The van der Waals surface area contributed by atoms with Gasteiger partial charge in [0.1, 0.15) is 17.3 Å². The van der Waals surface area contributed by atoms with Crippen LogP contribution >= 0.6 is 0 Å². The summed E-state index contributed by atoms with van der Waals surface area (Å²) in [6, 6.07) is 11.8. The first kappa shape index (κ1) is 22.5. The Morgan fingerprint density at radius 2 is 1.85 bits per heavy atom. The monoisotopic (exact) mass is 450 g/mol. The zero-order valence-electron chi connectivity index (χ0n) is 18.8. The molecule has 1 amide bonds. The Balaban J connectivity index is 1.37. The molecule has 8 heteroatoms. The Morgan fingerprint density at radius 1 is 1.09 bits per heavy atom. The maximum Gasteiger partial charge on any atom is 0.225 e. The number of aromatic nitrogens is 2. The lowest BCUT2D eigenvalue weighted by atomic mass is 9.97. The van der Waals surface area contributed by atoms with Crippen molar-refractivity contribution in [3.05, 3.63) is 66.2 Å². The predicted octanol–water partition coefficient (Wildman–Crippen LogP) is 3.83. The molecular formula is C25H27FN4O3. The van der Waals surface area contributed by atoms with Crippen LogP contribution in [-0.4, -0.2) is 43.2 Å². The summed E-state index contributed by atoms with van der Waals surface area (Å²) in [5, 5.41) is 3.03. The maximum atomic E-state index is 13.1. The van der Waals surface area contributed by atoms with Gasteiger partial charge in [-0.15, -0.1) is 0 Å². The van der Waals surface area contributed by atoms with Gasteiger partial charge in [0.25, 0.3) is 0 Å². The number of nitrogens with one attached hydrogen (secondary N) is 1. The van der Waals surface area contributed by atoms with Crippen molar-refractivity contribution in [2.45, 2.75) is 19.4 Å². The molecule has 1 fully saturated rings. The van der Waals surface area contributed by atoms with Crippen molar-refractivity contribution in [1.82, 2.24) is 15.3 Å². The molecule has 0 radical (unpaired) electrons. The molecule has 33 heavy (non-hydrogen) atoms.